The fourth-order valence-electron chi connectivity index (χ4n) is 3.18. The Balaban J connectivity index is 2.05. The van der Waals surface area contributed by atoms with E-state index >= 15 is 0 Å². The van der Waals surface area contributed by atoms with Crippen molar-refractivity contribution in [2.24, 2.45) is 17.6 Å². The lowest BCUT2D eigenvalue weighted by Crippen LogP contribution is -2.30. The van der Waals surface area contributed by atoms with Crippen molar-refractivity contribution in [2.75, 3.05) is 0 Å². The Labute approximate surface area is 145 Å². The number of allylic oxidation sites excluding steroid dienone is 4. The molecule has 0 saturated carbocycles. The average molecular weight is 326 g/mol. The zero-order valence-electron chi connectivity index (χ0n) is 15.4. The van der Waals surface area contributed by atoms with Crippen molar-refractivity contribution in [1.82, 2.24) is 5.43 Å². The molecule has 0 bridgehead atoms. The van der Waals surface area contributed by atoms with Crippen molar-refractivity contribution in [3.63, 3.8) is 0 Å². The second kappa shape index (κ2) is 7.56. The largest absolute Gasteiger partial charge is 0.277 e. The number of aryl methyl sites for hydroxylation is 1. The predicted molar refractivity (Wildman–Crippen MR) is 97.7 cm³/mol. The number of hydrogen-bond donors (Lipinski definition) is 1. The van der Waals surface area contributed by atoms with Gasteiger partial charge in [-0.3, -0.25) is 4.79 Å². The van der Waals surface area contributed by atoms with E-state index in [2.05, 4.69) is 37.4 Å². The van der Waals surface area contributed by atoms with E-state index < -0.39 is 0 Å². The summed E-state index contributed by atoms with van der Waals surface area (Å²) >= 11 is 0. The highest BCUT2D eigenvalue weighted by Crippen LogP contribution is 2.40. The summed E-state index contributed by atoms with van der Waals surface area (Å²) in [7, 11) is 1.88. The number of hydrogen-bond acceptors (Lipinski definition) is 2. The normalized spacial score (nSPS) is 18.1. The minimum Gasteiger partial charge on any atom is -0.267 e. The van der Waals surface area contributed by atoms with Crippen molar-refractivity contribution in [3.8, 4) is 0 Å². The van der Waals surface area contributed by atoms with Crippen LogP contribution in [-0.2, 0) is 7.05 Å². The lowest BCUT2D eigenvalue weighted by molar-refractivity contribution is -0.671. The van der Waals surface area contributed by atoms with E-state index in [0.29, 0.717) is 5.56 Å². The van der Waals surface area contributed by atoms with E-state index in [4.69, 9.17) is 0 Å². The number of pyridine rings is 1. The van der Waals surface area contributed by atoms with Gasteiger partial charge >= 0.3 is 0 Å². The molecular formula is C20H28N3O+. The van der Waals surface area contributed by atoms with Crippen molar-refractivity contribution < 1.29 is 9.36 Å². The molecule has 128 valence electrons. The highest BCUT2D eigenvalue weighted by atomic mass is 16.2. The van der Waals surface area contributed by atoms with Gasteiger partial charge in [-0.15, -0.1) is 0 Å². The Morgan fingerprint density at radius 2 is 2.17 bits per heavy atom. The number of nitrogens with zero attached hydrogens (tertiary/aromatic N) is 2. The van der Waals surface area contributed by atoms with Crippen molar-refractivity contribution >= 4 is 11.6 Å². The van der Waals surface area contributed by atoms with Gasteiger partial charge in [0.1, 0.15) is 12.6 Å². The van der Waals surface area contributed by atoms with E-state index in [0.717, 1.165) is 5.71 Å². The first-order chi connectivity index (χ1) is 11.3. The van der Waals surface area contributed by atoms with Crippen LogP contribution in [0.4, 0.5) is 0 Å². The standard InChI is InChI=1S/C20H27N3O/c1-15-8-6-12-20(3,4)18(15)11-10-16(2)21-22-19(24)17-9-7-13-23(5)14-17/h7,9-11,13-14H,6,8,12H2,1-5H3/p+1/b11-10-,21-16+. The van der Waals surface area contributed by atoms with Crippen LogP contribution in [0.2, 0.25) is 0 Å². The Hall–Kier alpha value is -2.23. The molecule has 0 aliphatic heterocycles. The molecule has 0 unspecified atom stereocenters. The maximum atomic E-state index is 12.1. The average Bonchev–Trinajstić information content (AvgIpc) is 2.51. The fourth-order valence-corrected chi connectivity index (χ4v) is 3.18. The summed E-state index contributed by atoms with van der Waals surface area (Å²) in [4.78, 5) is 12.1. The van der Waals surface area contributed by atoms with Gasteiger partial charge in [0.2, 0.25) is 0 Å². The summed E-state index contributed by atoms with van der Waals surface area (Å²) in [5, 5.41) is 4.19. The summed E-state index contributed by atoms with van der Waals surface area (Å²) in [6, 6.07) is 3.61. The van der Waals surface area contributed by atoms with Crippen LogP contribution in [-0.4, -0.2) is 11.6 Å². The first-order valence-corrected chi connectivity index (χ1v) is 8.48. The molecule has 1 aliphatic rings. The van der Waals surface area contributed by atoms with Crippen LogP contribution in [0.15, 0.2) is 52.9 Å². The first-order valence-electron chi connectivity index (χ1n) is 8.48. The molecule has 1 aromatic rings. The molecular weight excluding hydrogens is 298 g/mol. The van der Waals surface area contributed by atoms with E-state index in [-0.39, 0.29) is 11.3 Å². The van der Waals surface area contributed by atoms with E-state index in [1.807, 2.05) is 36.9 Å². The maximum Gasteiger partial charge on any atom is 0.277 e. The zero-order chi connectivity index (χ0) is 17.7. The summed E-state index contributed by atoms with van der Waals surface area (Å²) in [6.45, 7) is 8.69. The molecule has 1 amide bonds. The molecule has 1 N–H and O–H groups in total. The summed E-state index contributed by atoms with van der Waals surface area (Å²) in [5.41, 5.74) is 7.04. The number of rotatable bonds is 4. The van der Waals surface area contributed by atoms with Crippen molar-refractivity contribution in [3.05, 3.63) is 53.4 Å². The molecule has 1 aliphatic carbocycles. The fraction of sp³-hybridized carbons (Fsp3) is 0.450. The smallest absolute Gasteiger partial charge is 0.267 e. The summed E-state index contributed by atoms with van der Waals surface area (Å²) < 4.78 is 1.84. The van der Waals surface area contributed by atoms with Gasteiger partial charge in [0.05, 0.1) is 5.71 Å². The molecule has 0 fully saturated rings. The number of amides is 1. The number of hydrazone groups is 1. The number of carbonyl (C=O) groups is 1. The topological polar surface area (TPSA) is 45.3 Å². The van der Waals surface area contributed by atoms with E-state index in [1.165, 1.54) is 30.4 Å². The van der Waals surface area contributed by atoms with Crippen LogP contribution >= 0.6 is 0 Å². The van der Waals surface area contributed by atoms with Gasteiger partial charge < -0.3 is 0 Å². The summed E-state index contributed by atoms with van der Waals surface area (Å²) in [6.07, 6.45) is 11.4. The molecule has 4 heteroatoms. The molecule has 24 heavy (non-hydrogen) atoms. The van der Waals surface area contributed by atoms with Crippen LogP contribution in [0.3, 0.4) is 0 Å². The number of nitrogens with one attached hydrogen (secondary N) is 1. The van der Waals surface area contributed by atoms with Crippen LogP contribution in [0.25, 0.3) is 0 Å². The van der Waals surface area contributed by atoms with Gasteiger partial charge in [-0.1, -0.05) is 25.5 Å². The van der Waals surface area contributed by atoms with Crippen LogP contribution < -0.4 is 9.99 Å². The van der Waals surface area contributed by atoms with Gasteiger partial charge in [-0.2, -0.15) is 5.10 Å². The van der Waals surface area contributed by atoms with Crippen molar-refractivity contribution in [1.29, 1.82) is 0 Å². The predicted octanol–water partition coefficient (Wildman–Crippen LogP) is 3.70. The maximum absolute atomic E-state index is 12.1. The highest BCUT2D eigenvalue weighted by Gasteiger charge is 2.26. The van der Waals surface area contributed by atoms with Crippen LogP contribution in [0.5, 0.6) is 0 Å². The van der Waals surface area contributed by atoms with Gasteiger partial charge in [0.25, 0.3) is 5.91 Å². The van der Waals surface area contributed by atoms with E-state index in [1.54, 1.807) is 12.3 Å². The number of carbonyl (C=O) groups excluding carboxylic acids is 1. The molecule has 2 rings (SSSR count). The van der Waals surface area contributed by atoms with E-state index in [9.17, 15) is 4.79 Å². The highest BCUT2D eigenvalue weighted by molar-refractivity contribution is 5.97. The minimum atomic E-state index is -0.202. The SMILES string of the molecule is CC1=C(/C=C\C(C)=N\NC(=O)c2ccc[n+](C)c2)C(C)(C)CCC1. The molecule has 1 heterocycles. The lowest BCUT2D eigenvalue weighted by Gasteiger charge is -2.32. The Morgan fingerprint density at radius 3 is 2.83 bits per heavy atom. The molecule has 0 radical (unpaired) electrons. The third-order valence-corrected chi connectivity index (χ3v) is 4.57. The van der Waals surface area contributed by atoms with Crippen LogP contribution in [0.1, 0.15) is 57.3 Å². The second-order valence-electron chi connectivity index (χ2n) is 7.22. The van der Waals surface area contributed by atoms with Gasteiger partial charge in [0, 0.05) is 6.07 Å². The molecule has 0 spiro atoms. The van der Waals surface area contributed by atoms with Gasteiger partial charge in [-0.05, 0) is 56.2 Å². The Bertz CT molecular complexity index is 711. The van der Waals surface area contributed by atoms with Gasteiger partial charge in [0.15, 0.2) is 12.4 Å². The summed E-state index contributed by atoms with van der Waals surface area (Å²) in [5.74, 6) is -0.202. The molecule has 1 aromatic heterocycles. The third kappa shape index (κ3) is 4.63. The third-order valence-electron chi connectivity index (χ3n) is 4.57. The molecule has 4 nitrogen and oxygen atoms in total. The van der Waals surface area contributed by atoms with Crippen molar-refractivity contribution in [2.45, 2.75) is 47.0 Å². The number of aromatic nitrogens is 1. The lowest BCUT2D eigenvalue weighted by atomic mass is 9.72. The molecule has 0 aromatic carbocycles. The monoisotopic (exact) mass is 326 g/mol. The second-order valence-corrected chi connectivity index (χ2v) is 7.22. The Morgan fingerprint density at radius 1 is 1.42 bits per heavy atom. The molecule has 0 saturated heterocycles. The van der Waals surface area contributed by atoms with Crippen LogP contribution in [0, 0.1) is 5.41 Å². The zero-order valence-corrected chi connectivity index (χ0v) is 15.4. The van der Waals surface area contributed by atoms with Gasteiger partial charge in [-0.25, -0.2) is 9.99 Å². The molecule has 0 atom stereocenters. The minimum absolute atomic E-state index is 0.202. The Kier molecular flexibility index (Phi) is 5.71. The first kappa shape index (κ1) is 18.1. The quantitative estimate of drug-likeness (QED) is 0.512.